The minimum atomic E-state index is 0.234. The molecule has 0 aliphatic heterocycles. The first-order valence-corrected chi connectivity index (χ1v) is 6.91. The van der Waals surface area contributed by atoms with E-state index in [9.17, 15) is 0 Å². The number of imidazole rings is 1. The van der Waals surface area contributed by atoms with Crippen LogP contribution in [0.15, 0.2) is 18.2 Å². The summed E-state index contributed by atoms with van der Waals surface area (Å²) in [5, 5.41) is 0. The molecule has 0 saturated heterocycles. The van der Waals surface area contributed by atoms with Crippen molar-refractivity contribution in [1.82, 2.24) is 9.55 Å². The minimum Gasteiger partial charge on any atom is -0.331 e. The lowest BCUT2D eigenvalue weighted by Gasteiger charge is -2.29. The molecule has 0 radical (unpaired) electrons. The maximum Gasteiger partial charge on any atom is 0.178 e. The Balaban J connectivity index is 2.52. The number of hydrogen-bond donors (Lipinski definition) is 1. The SMILES string of the molecule is Cc1ccc2c(c1)[nH]c(=S)n2CC(C)(C)C(C)C. The van der Waals surface area contributed by atoms with Crippen LogP contribution in [0.2, 0.25) is 0 Å². The summed E-state index contributed by atoms with van der Waals surface area (Å²) >= 11 is 5.46. The first kappa shape index (κ1) is 13.3. The van der Waals surface area contributed by atoms with Crippen LogP contribution in [-0.4, -0.2) is 9.55 Å². The van der Waals surface area contributed by atoms with Gasteiger partial charge in [0.05, 0.1) is 11.0 Å². The largest absolute Gasteiger partial charge is 0.331 e. The molecule has 98 valence electrons. The lowest BCUT2D eigenvalue weighted by Crippen LogP contribution is -2.25. The van der Waals surface area contributed by atoms with E-state index in [-0.39, 0.29) is 5.41 Å². The number of H-pyrrole nitrogens is 1. The lowest BCUT2D eigenvalue weighted by atomic mass is 9.81. The molecule has 0 aliphatic rings. The van der Waals surface area contributed by atoms with Gasteiger partial charge in [-0.3, -0.25) is 0 Å². The summed E-state index contributed by atoms with van der Waals surface area (Å²) in [5.74, 6) is 0.620. The van der Waals surface area contributed by atoms with Gasteiger partial charge in [-0.25, -0.2) is 0 Å². The second-order valence-electron chi connectivity index (χ2n) is 6.18. The molecule has 2 aromatic rings. The quantitative estimate of drug-likeness (QED) is 0.796. The fraction of sp³-hybridized carbons (Fsp3) is 0.533. The third-order valence-electron chi connectivity index (χ3n) is 4.06. The predicted molar refractivity (Wildman–Crippen MR) is 80.5 cm³/mol. The van der Waals surface area contributed by atoms with Gasteiger partial charge in [-0.1, -0.05) is 33.8 Å². The zero-order valence-corrected chi connectivity index (χ0v) is 12.7. The highest BCUT2D eigenvalue weighted by Crippen LogP contribution is 2.30. The molecule has 0 aliphatic carbocycles. The molecule has 2 rings (SSSR count). The molecule has 1 aromatic carbocycles. The summed E-state index contributed by atoms with van der Waals surface area (Å²) in [4.78, 5) is 3.31. The Bertz CT molecular complexity index is 617. The van der Waals surface area contributed by atoms with E-state index in [1.165, 1.54) is 11.1 Å². The summed E-state index contributed by atoms with van der Waals surface area (Å²) < 4.78 is 3.05. The highest BCUT2D eigenvalue weighted by atomic mass is 32.1. The van der Waals surface area contributed by atoms with Gasteiger partial charge >= 0.3 is 0 Å². The fourth-order valence-corrected chi connectivity index (χ4v) is 2.30. The third kappa shape index (κ3) is 2.37. The highest BCUT2D eigenvalue weighted by molar-refractivity contribution is 7.71. The summed E-state index contributed by atoms with van der Waals surface area (Å²) in [5.41, 5.74) is 3.84. The van der Waals surface area contributed by atoms with E-state index >= 15 is 0 Å². The Labute approximate surface area is 114 Å². The lowest BCUT2D eigenvalue weighted by molar-refractivity contribution is 0.212. The Morgan fingerprint density at radius 2 is 2.00 bits per heavy atom. The van der Waals surface area contributed by atoms with E-state index in [0.717, 1.165) is 16.8 Å². The standard InChI is InChI=1S/C15H22N2S/c1-10(2)15(4,5)9-17-13-7-6-11(3)8-12(13)16-14(17)18/h6-8,10H,9H2,1-5H3,(H,16,18). The summed E-state index contributed by atoms with van der Waals surface area (Å²) in [6.07, 6.45) is 0. The number of nitrogens with zero attached hydrogens (tertiary/aromatic N) is 1. The smallest absolute Gasteiger partial charge is 0.178 e. The molecule has 0 spiro atoms. The Morgan fingerprint density at radius 3 is 2.61 bits per heavy atom. The van der Waals surface area contributed by atoms with E-state index in [1.54, 1.807) is 0 Å². The van der Waals surface area contributed by atoms with Crippen molar-refractivity contribution in [3.8, 4) is 0 Å². The van der Waals surface area contributed by atoms with E-state index in [1.807, 2.05) is 0 Å². The third-order valence-corrected chi connectivity index (χ3v) is 4.38. The van der Waals surface area contributed by atoms with Crippen molar-refractivity contribution in [3.63, 3.8) is 0 Å². The van der Waals surface area contributed by atoms with Gasteiger partial charge in [0.25, 0.3) is 0 Å². The van der Waals surface area contributed by atoms with E-state index < -0.39 is 0 Å². The van der Waals surface area contributed by atoms with Crippen LogP contribution < -0.4 is 0 Å². The van der Waals surface area contributed by atoms with Crippen LogP contribution in [0.4, 0.5) is 0 Å². The van der Waals surface area contributed by atoms with Crippen molar-refractivity contribution in [2.24, 2.45) is 11.3 Å². The zero-order valence-electron chi connectivity index (χ0n) is 11.9. The van der Waals surface area contributed by atoms with Crippen LogP contribution >= 0.6 is 12.2 Å². The van der Waals surface area contributed by atoms with Crippen molar-refractivity contribution >= 4 is 23.3 Å². The number of benzene rings is 1. The van der Waals surface area contributed by atoms with Gasteiger partial charge in [0.2, 0.25) is 0 Å². The zero-order chi connectivity index (χ0) is 13.5. The molecule has 0 saturated carbocycles. The number of hydrogen-bond acceptors (Lipinski definition) is 1. The van der Waals surface area contributed by atoms with Gasteiger partial charge in [-0.15, -0.1) is 0 Å². The van der Waals surface area contributed by atoms with Crippen LogP contribution in [0.1, 0.15) is 33.3 Å². The second kappa shape index (κ2) is 4.54. The first-order chi connectivity index (χ1) is 8.31. The van der Waals surface area contributed by atoms with Gasteiger partial charge < -0.3 is 9.55 Å². The molecule has 1 N–H and O–H groups in total. The van der Waals surface area contributed by atoms with Crippen LogP contribution in [-0.2, 0) is 6.54 Å². The van der Waals surface area contributed by atoms with Crippen molar-refractivity contribution in [3.05, 3.63) is 28.5 Å². The molecule has 3 heteroatoms. The number of aryl methyl sites for hydroxylation is 1. The number of rotatable bonds is 3. The molecule has 0 fully saturated rings. The Hall–Kier alpha value is -1.09. The summed E-state index contributed by atoms with van der Waals surface area (Å²) in [6, 6.07) is 6.46. The van der Waals surface area contributed by atoms with Gasteiger partial charge in [0.1, 0.15) is 0 Å². The van der Waals surface area contributed by atoms with Gasteiger partial charge in [0, 0.05) is 6.54 Å². The van der Waals surface area contributed by atoms with Crippen molar-refractivity contribution < 1.29 is 0 Å². The molecule has 0 bridgehead atoms. The van der Waals surface area contributed by atoms with Crippen molar-refractivity contribution in [1.29, 1.82) is 0 Å². The maximum atomic E-state index is 5.46. The van der Waals surface area contributed by atoms with Crippen molar-refractivity contribution in [2.75, 3.05) is 0 Å². The molecule has 0 atom stereocenters. The van der Waals surface area contributed by atoms with E-state index in [4.69, 9.17) is 12.2 Å². The average Bonchev–Trinajstić information content (AvgIpc) is 2.54. The molecular formula is C15H22N2S. The molecule has 1 aromatic heterocycles. The van der Waals surface area contributed by atoms with E-state index in [0.29, 0.717) is 5.92 Å². The van der Waals surface area contributed by atoms with Crippen LogP contribution in [0.25, 0.3) is 11.0 Å². The highest BCUT2D eigenvalue weighted by Gasteiger charge is 2.24. The monoisotopic (exact) mass is 262 g/mol. The topological polar surface area (TPSA) is 20.7 Å². The Morgan fingerprint density at radius 1 is 1.33 bits per heavy atom. The second-order valence-corrected chi connectivity index (χ2v) is 6.57. The average molecular weight is 262 g/mol. The molecule has 0 amide bonds. The van der Waals surface area contributed by atoms with Gasteiger partial charge in [0.15, 0.2) is 4.77 Å². The molecule has 1 heterocycles. The normalized spacial score (nSPS) is 12.6. The van der Waals surface area contributed by atoms with Crippen molar-refractivity contribution in [2.45, 2.75) is 41.2 Å². The molecule has 0 unspecified atom stereocenters. The molecule has 2 nitrogen and oxygen atoms in total. The fourth-order valence-electron chi connectivity index (χ4n) is 2.02. The maximum absolute atomic E-state index is 5.46. The molecule has 18 heavy (non-hydrogen) atoms. The number of aromatic nitrogens is 2. The predicted octanol–water partition coefficient (Wildman–Crippen LogP) is 4.69. The van der Waals surface area contributed by atoms with Gasteiger partial charge in [-0.05, 0) is 48.2 Å². The minimum absolute atomic E-state index is 0.234. The number of fused-ring (bicyclic) bond motifs is 1. The first-order valence-electron chi connectivity index (χ1n) is 6.50. The molecular weight excluding hydrogens is 240 g/mol. The number of aromatic amines is 1. The Kier molecular flexibility index (Phi) is 3.37. The van der Waals surface area contributed by atoms with Crippen LogP contribution in [0.3, 0.4) is 0 Å². The van der Waals surface area contributed by atoms with Crippen LogP contribution in [0.5, 0.6) is 0 Å². The number of nitrogens with one attached hydrogen (secondary N) is 1. The summed E-state index contributed by atoms with van der Waals surface area (Å²) in [6.45, 7) is 12.2. The van der Waals surface area contributed by atoms with E-state index in [2.05, 4.69) is 62.4 Å². The van der Waals surface area contributed by atoms with Gasteiger partial charge in [-0.2, -0.15) is 0 Å². The summed E-state index contributed by atoms with van der Waals surface area (Å²) in [7, 11) is 0. The van der Waals surface area contributed by atoms with Crippen LogP contribution in [0, 0.1) is 23.0 Å².